The molecule has 1 aliphatic rings. The zero-order valence-corrected chi connectivity index (χ0v) is 10.1. The van der Waals surface area contributed by atoms with Gasteiger partial charge in [-0.15, -0.1) is 0 Å². The number of aryl methyl sites for hydroxylation is 1. The molecule has 94 valence electrons. The minimum Gasteiger partial charge on any atom is -0.447 e. The smallest absolute Gasteiger partial charge is 0.416 e. The first-order valence-electron chi connectivity index (χ1n) is 5.89. The fraction of sp³-hybridized carbons (Fsp3) is 0.286. The van der Waals surface area contributed by atoms with E-state index in [0.717, 1.165) is 16.9 Å². The minimum atomic E-state index is -0.569. The number of benzene rings is 1. The largest absolute Gasteiger partial charge is 0.447 e. The second-order valence-electron chi connectivity index (χ2n) is 4.16. The highest BCUT2D eigenvalue weighted by Gasteiger charge is 2.29. The zero-order valence-electron chi connectivity index (χ0n) is 10.1. The molecule has 0 aliphatic carbocycles. The normalized spacial score (nSPS) is 14.4. The maximum atomic E-state index is 11.9. The first-order chi connectivity index (χ1) is 8.68. The van der Waals surface area contributed by atoms with E-state index in [0.29, 0.717) is 18.5 Å². The molecule has 0 bridgehead atoms. The Morgan fingerprint density at radius 3 is 2.67 bits per heavy atom. The van der Waals surface area contributed by atoms with E-state index >= 15 is 0 Å². The third-order valence-electron chi connectivity index (χ3n) is 2.87. The number of carbonyl (C=O) groups is 2. The van der Waals surface area contributed by atoms with Crippen LogP contribution in [-0.4, -0.2) is 30.1 Å². The summed E-state index contributed by atoms with van der Waals surface area (Å²) in [6, 6.07) is 9.86. The van der Waals surface area contributed by atoms with E-state index in [1.807, 2.05) is 30.3 Å². The summed E-state index contributed by atoms with van der Waals surface area (Å²) in [5.41, 5.74) is 1.59. The van der Waals surface area contributed by atoms with Crippen molar-refractivity contribution < 1.29 is 14.3 Å². The molecule has 0 aromatic heterocycles. The predicted octanol–water partition coefficient (Wildman–Crippen LogP) is 2.15. The van der Waals surface area contributed by atoms with Gasteiger partial charge in [0, 0.05) is 5.57 Å². The Balaban J connectivity index is 1.88. The number of nitrogens with zero attached hydrogens (tertiary/aromatic N) is 1. The van der Waals surface area contributed by atoms with E-state index in [1.165, 1.54) is 0 Å². The average Bonchev–Trinajstić information content (AvgIpc) is 2.82. The molecule has 1 aromatic carbocycles. The molecule has 0 N–H and O–H groups in total. The first kappa shape index (κ1) is 12.4. The second-order valence-corrected chi connectivity index (χ2v) is 4.16. The number of ether oxygens (including phenoxy) is 1. The lowest BCUT2D eigenvalue weighted by Gasteiger charge is -2.12. The Morgan fingerprint density at radius 1 is 1.33 bits per heavy atom. The molecular formula is C14H15NO3. The number of hydrogen-bond donors (Lipinski definition) is 0. The van der Waals surface area contributed by atoms with Gasteiger partial charge in [0.1, 0.15) is 6.61 Å². The van der Waals surface area contributed by atoms with Gasteiger partial charge in [-0.3, -0.25) is 4.79 Å². The van der Waals surface area contributed by atoms with Gasteiger partial charge in [0.05, 0.1) is 6.54 Å². The van der Waals surface area contributed by atoms with E-state index in [-0.39, 0.29) is 12.5 Å². The molecule has 4 heteroatoms. The van der Waals surface area contributed by atoms with Crippen molar-refractivity contribution in [3.05, 3.63) is 48.0 Å². The van der Waals surface area contributed by atoms with Crippen LogP contribution in [0.15, 0.2) is 42.5 Å². The lowest BCUT2D eigenvalue weighted by atomic mass is 10.1. The van der Waals surface area contributed by atoms with Gasteiger partial charge in [0.15, 0.2) is 0 Å². The number of rotatable bonds is 4. The van der Waals surface area contributed by atoms with Crippen molar-refractivity contribution in [2.24, 2.45) is 0 Å². The molecule has 0 saturated carbocycles. The van der Waals surface area contributed by atoms with Crippen LogP contribution in [0.25, 0.3) is 0 Å². The van der Waals surface area contributed by atoms with E-state index < -0.39 is 6.09 Å². The van der Waals surface area contributed by atoms with Crippen molar-refractivity contribution in [1.82, 2.24) is 4.90 Å². The third kappa shape index (κ3) is 2.77. The standard InChI is InChI=1S/C14H15NO3/c1-11(7-8-12-5-3-2-4-6-12)13(16)15-9-10-18-14(15)17/h2-6H,1,7-10H2. The van der Waals surface area contributed by atoms with Crippen LogP contribution in [0.1, 0.15) is 12.0 Å². The predicted molar refractivity (Wildman–Crippen MR) is 67.0 cm³/mol. The van der Waals surface area contributed by atoms with Crippen LogP contribution in [0.4, 0.5) is 4.79 Å². The number of hydrogen-bond acceptors (Lipinski definition) is 3. The Kier molecular flexibility index (Phi) is 3.77. The molecule has 2 rings (SSSR count). The number of carbonyl (C=O) groups excluding carboxylic acids is 2. The zero-order chi connectivity index (χ0) is 13.0. The monoisotopic (exact) mass is 245 g/mol. The molecule has 1 aromatic rings. The van der Waals surface area contributed by atoms with Gasteiger partial charge in [-0.1, -0.05) is 36.9 Å². The Hall–Kier alpha value is -2.10. The molecule has 4 nitrogen and oxygen atoms in total. The third-order valence-corrected chi connectivity index (χ3v) is 2.87. The van der Waals surface area contributed by atoms with Gasteiger partial charge in [-0.05, 0) is 18.4 Å². The van der Waals surface area contributed by atoms with E-state index in [2.05, 4.69) is 6.58 Å². The second kappa shape index (κ2) is 5.49. The lowest BCUT2D eigenvalue weighted by Crippen LogP contribution is -2.32. The van der Waals surface area contributed by atoms with Gasteiger partial charge in [-0.2, -0.15) is 0 Å². The van der Waals surface area contributed by atoms with Crippen molar-refractivity contribution >= 4 is 12.0 Å². The van der Waals surface area contributed by atoms with Gasteiger partial charge >= 0.3 is 6.09 Å². The van der Waals surface area contributed by atoms with E-state index in [4.69, 9.17) is 4.74 Å². The highest BCUT2D eigenvalue weighted by molar-refractivity contribution is 6.02. The topological polar surface area (TPSA) is 46.6 Å². The summed E-state index contributed by atoms with van der Waals surface area (Å²) < 4.78 is 4.72. The molecular weight excluding hydrogens is 230 g/mol. The minimum absolute atomic E-state index is 0.274. The van der Waals surface area contributed by atoms with Crippen LogP contribution in [0.2, 0.25) is 0 Å². The maximum absolute atomic E-state index is 11.9. The summed E-state index contributed by atoms with van der Waals surface area (Å²) in [5, 5.41) is 0. The fourth-order valence-corrected chi connectivity index (χ4v) is 1.82. The Labute approximate surface area is 106 Å². The van der Waals surface area contributed by atoms with Gasteiger partial charge in [0.2, 0.25) is 0 Å². The Morgan fingerprint density at radius 2 is 2.06 bits per heavy atom. The van der Waals surface area contributed by atoms with Crippen molar-refractivity contribution in [2.75, 3.05) is 13.2 Å². The van der Waals surface area contributed by atoms with Crippen molar-refractivity contribution in [2.45, 2.75) is 12.8 Å². The molecule has 1 fully saturated rings. The van der Waals surface area contributed by atoms with Crippen LogP contribution in [-0.2, 0) is 16.0 Å². The molecule has 1 aliphatic heterocycles. The summed E-state index contributed by atoms with van der Waals surface area (Å²) in [4.78, 5) is 24.2. The van der Waals surface area contributed by atoms with Gasteiger partial charge in [0.25, 0.3) is 5.91 Å². The van der Waals surface area contributed by atoms with E-state index in [9.17, 15) is 9.59 Å². The van der Waals surface area contributed by atoms with E-state index in [1.54, 1.807) is 0 Å². The van der Waals surface area contributed by atoms with Crippen molar-refractivity contribution in [1.29, 1.82) is 0 Å². The summed E-state index contributed by atoms with van der Waals surface area (Å²) in [6.45, 7) is 4.35. The number of amides is 2. The van der Waals surface area contributed by atoms with Crippen LogP contribution in [0.5, 0.6) is 0 Å². The highest BCUT2D eigenvalue weighted by Crippen LogP contribution is 2.13. The molecule has 18 heavy (non-hydrogen) atoms. The summed E-state index contributed by atoms with van der Waals surface area (Å²) in [7, 11) is 0. The Bertz CT molecular complexity index is 467. The van der Waals surface area contributed by atoms with Crippen LogP contribution < -0.4 is 0 Å². The molecule has 0 radical (unpaired) electrons. The van der Waals surface area contributed by atoms with Crippen molar-refractivity contribution in [3.63, 3.8) is 0 Å². The molecule has 1 saturated heterocycles. The average molecular weight is 245 g/mol. The number of imide groups is 1. The van der Waals surface area contributed by atoms with Crippen molar-refractivity contribution in [3.8, 4) is 0 Å². The highest BCUT2D eigenvalue weighted by atomic mass is 16.6. The lowest BCUT2D eigenvalue weighted by molar-refractivity contribution is -0.123. The molecule has 0 unspecified atom stereocenters. The summed E-state index contributed by atoms with van der Waals surface area (Å²) in [5.74, 6) is -0.326. The molecule has 0 atom stereocenters. The quantitative estimate of drug-likeness (QED) is 0.764. The van der Waals surface area contributed by atoms with Crippen LogP contribution in [0, 0.1) is 0 Å². The summed E-state index contributed by atoms with van der Waals surface area (Å²) >= 11 is 0. The van der Waals surface area contributed by atoms with Crippen LogP contribution >= 0.6 is 0 Å². The molecule has 1 heterocycles. The summed E-state index contributed by atoms with van der Waals surface area (Å²) in [6.07, 6.45) is 0.724. The molecule has 0 spiro atoms. The van der Waals surface area contributed by atoms with Crippen LogP contribution in [0.3, 0.4) is 0 Å². The van der Waals surface area contributed by atoms with Gasteiger partial charge in [-0.25, -0.2) is 9.69 Å². The molecule has 2 amide bonds. The number of cyclic esters (lactones) is 1. The fourth-order valence-electron chi connectivity index (χ4n) is 1.82. The SMILES string of the molecule is C=C(CCc1ccccc1)C(=O)N1CCOC1=O. The maximum Gasteiger partial charge on any atom is 0.416 e. The van der Waals surface area contributed by atoms with Gasteiger partial charge < -0.3 is 4.74 Å². The first-order valence-corrected chi connectivity index (χ1v) is 5.89.